The summed E-state index contributed by atoms with van der Waals surface area (Å²) >= 11 is 7.42. The Balaban J connectivity index is 1.54. The molecule has 0 radical (unpaired) electrons. The molecular formula is C21H18ClFN2O4S2. The lowest BCUT2D eigenvalue weighted by Gasteiger charge is -2.26. The molecule has 0 atom stereocenters. The van der Waals surface area contributed by atoms with Crippen molar-refractivity contribution in [1.29, 1.82) is 0 Å². The van der Waals surface area contributed by atoms with Crippen LogP contribution in [0.4, 0.5) is 10.1 Å². The normalized spacial score (nSPS) is 15.0. The predicted octanol–water partition coefficient (Wildman–Crippen LogP) is 4.48. The highest BCUT2D eigenvalue weighted by Crippen LogP contribution is 2.31. The zero-order chi connectivity index (χ0) is 22.0. The van der Waals surface area contributed by atoms with Gasteiger partial charge in [0, 0.05) is 23.7 Å². The van der Waals surface area contributed by atoms with Crippen LogP contribution in [0.15, 0.2) is 59.5 Å². The fourth-order valence-corrected chi connectivity index (χ4v) is 5.94. The van der Waals surface area contributed by atoms with Crippen molar-refractivity contribution in [2.24, 2.45) is 0 Å². The molecule has 2 aromatic carbocycles. The van der Waals surface area contributed by atoms with Gasteiger partial charge >= 0.3 is 0 Å². The molecule has 1 aromatic heterocycles. The minimum atomic E-state index is -3.81. The molecule has 1 amide bonds. The molecule has 1 saturated heterocycles. The van der Waals surface area contributed by atoms with Gasteiger partial charge in [-0.2, -0.15) is 4.31 Å². The van der Waals surface area contributed by atoms with Crippen LogP contribution in [0.5, 0.6) is 0 Å². The molecule has 4 rings (SSSR count). The number of nitrogens with zero attached hydrogens (tertiary/aromatic N) is 1. The first kappa shape index (κ1) is 21.9. The van der Waals surface area contributed by atoms with Gasteiger partial charge in [0.2, 0.25) is 10.0 Å². The van der Waals surface area contributed by atoms with Gasteiger partial charge in [-0.05, 0) is 48.0 Å². The Morgan fingerprint density at radius 3 is 2.48 bits per heavy atom. The Morgan fingerprint density at radius 1 is 1.06 bits per heavy atom. The summed E-state index contributed by atoms with van der Waals surface area (Å²) in [4.78, 5) is 13.9. The van der Waals surface area contributed by atoms with Crippen LogP contribution in [-0.2, 0) is 14.8 Å². The summed E-state index contributed by atoms with van der Waals surface area (Å²) in [6.07, 6.45) is 0. The molecule has 1 fully saturated rings. The number of ether oxygens (including phenoxy) is 1. The first-order chi connectivity index (χ1) is 14.8. The van der Waals surface area contributed by atoms with Gasteiger partial charge in [-0.3, -0.25) is 4.79 Å². The lowest BCUT2D eigenvalue weighted by Crippen LogP contribution is -2.40. The topological polar surface area (TPSA) is 75.7 Å². The third-order valence-corrected chi connectivity index (χ3v) is 8.25. The molecule has 0 saturated carbocycles. The zero-order valence-corrected chi connectivity index (χ0v) is 18.6. The molecule has 162 valence electrons. The molecule has 1 N–H and O–H groups in total. The molecular weight excluding hydrogens is 463 g/mol. The van der Waals surface area contributed by atoms with Crippen molar-refractivity contribution >= 4 is 44.6 Å². The Morgan fingerprint density at radius 2 is 1.77 bits per heavy atom. The van der Waals surface area contributed by atoms with Crippen molar-refractivity contribution in [2.45, 2.75) is 4.90 Å². The quantitative estimate of drug-likeness (QED) is 0.584. The second-order valence-electron chi connectivity index (χ2n) is 6.79. The summed E-state index contributed by atoms with van der Waals surface area (Å²) in [6, 6.07) is 13.8. The van der Waals surface area contributed by atoms with E-state index in [1.807, 2.05) is 0 Å². The van der Waals surface area contributed by atoms with Gasteiger partial charge in [0.1, 0.15) is 10.7 Å². The van der Waals surface area contributed by atoms with Gasteiger partial charge in [-0.1, -0.05) is 23.7 Å². The first-order valence-electron chi connectivity index (χ1n) is 9.39. The van der Waals surface area contributed by atoms with E-state index in [2.05, 4.69) is 5.32 Å². The Labute approximate surface area is 188 Å². The summed E-state index contributed by atoms with van der Waals surface area (Å²) < 4.78 is 45.5. The number of hydrogen-bond donors (Lipinski definition) is 1. The number of hydrogen-bond acceptors (Lipinski definition) is 5. The van der Waals surface area contributed by atoms with E-state index >= 15 is 0 Å². The number of carbonyl (C=O) groups excluding carboxylic acids is 1. The van der Waals surface area contributed by atoms with E-state index < -0.39 is 10.0 Å². The lowest BCUT2D eigenvalue weighted by atomic mass is 10.2. The van der Waals surface area contributed by atoms with Crippen molar-refractivity contribution in [1.82, 2.24) is 4.31 Å². The van der Waals surface area contributed by atoms with Gasteiger partial charge in [-0.25, -0.2) is 12.8 Å². The van der Waals surface area contributed by atoms with Gasteiger partial charge < -0.3 is 10.1 Å². The number of morpholine rings is 1. The molecule has 0 aliphatic carbocycles. The van der Waals surface area contributed by atoms with Gasteiger partial charge in [-0.15, -0.1) is 11.3 Å². The molecule has 10 heteroatoms. The standard InChI is InChI=1S/C21H18ClFN2O4S2/c22-17-6-5-16(13-20(17)31(27,28)25-9-11-29-12-10-25)24-21(26)19-8-7-18(30-19)14-1-3-15(23)4-2-14/h1-8,13H,9-12H2,(H,24,26). The average molecular weight is 481 g/mol. The van der Waals surface area contributed by atoms with E-state index in [0.717, 1.165) is 10.4 Å². The van der Waals surface area contributed by atoms with Crippen molar-refractivity contribution in [3.63, 3.8) is 0 Å². The third kappa shape index (κ3) is 4.81. The van der Waals surface area contributed by atoms with Crippen LogP contribution in [0.25, 0.3) is 10.4 Å². The molecule has 0 spiro atoms. The fraction of sp³-hybridized carbons (Fsp3) is 0.190. The highest BCUT2D eigenvalue weighted by Gasteiger charge is 2.28. The van der Waals surface area contributed by atoms with Crippen LogP contribution in [-0.4, -0.2) is 44.9 Å². The number of anilines is 1. The zero-order valence-electron chi connectivity index (χ0n) is 16.2. The molecule has 0 unspecified atom stereocenters. The fourth-order valence-electron chi connectivity index (χ4n) is 3.13. The number of rotatable bonds is 5. The van der Waals surface area contributed by atoms with Crippen molar-refractivity contribution < 1.29 is 22.3 Å². The van der Waals surface area contributed by atoms with Gasteiger partial charge in [0.25, 0.3) is 5.91 Å². The molecule has 0 bridgehead atoms. The van der Waals surface area contributed by atoms with E-state index in [0.29, 0.717) is 23.8 Å². The van der Waals surface area contributed by atoms with Crippen LogP contribution in [0, 0.1) is 5.82 Å². The van der Waals surface area contributed by atoms with Gasteiger partial charge in [0.15, 0.2) is 0 Å². The number of nitrogens with one attached hydrogen (secondary N) is 1. The monoisotopic (exact) mass is 480 g/mol. The van der Waals surface area contributed by atoms with Crippen molar-refractivity contribution in [3.05, 3.63) is 70.3 Å². The number of carbonyl (C=O) groups is 1. The van der Waals surface area contributed by atoms with Crippen molar-refractivity contribution in [2.75, 3.05) is 31.6 Å². The molecule has 1 aliphatic heterocycles. The minimum absolute atomic E-state index is 0.0629. The number of thiophene rings is 1. The maximum Gasteiger partial charge on any atom is 0.265 e. The molecule has 31 heavy (non-hydrogen) atoms. The van der Waals surface area contributed by atoms with E-state index in [-0.39, 0.29) is 34.7 Å². The highest BCUT2D eigenvalue weighted by atomic mass is 35.5. The van der Waals surface area contributed by atoms with Gasteiger partial charge in [0.05, 0.1) is 23.1 Å². The Bertz CT molecular complexity index is 1210. The largest absolute Gasteiger partial charge is 0.379 e. The molecule has 6 nitrogen and oxygen atoms in total. The summed E-state index contributed by atoms with van der Waals surface area (Å²) in [6.45, 7) is 1.14. The molecule has 1 aliphatic rings. The second kappa shape index (κ2) is 9.05. The SMILES string of the molecule is O=C(Nc1ccc(Cl)c(S(=O)(=O)N2CCOCC2)c1)c1ccc(-c2ccc(F)cc2)s1. The van der Waals surface area contributed by atoms with Crippen LogP contribution in [0.3, 0.4) is 0 Å². The number of benzene rings is 2. The summed E-state index contributed by atoms with van der Waals surface area (Å²) in [5.41, 5.74) is 1.12. The minimum Gasteiger partial charge on any atom is -0.379 e. The van der Waals surface area contributed by atoms with Crippen LogP contribution in [0.2, 0.25) is 5.02 Å². The van der Waals surface area contributed by atoms with E-state index in [1.54, 1.807) is 30.3 Å². The van der Waals surface area contributed by atoms with Crippen LogP contribution >= 0.6 is 22.9 Å². The number of sulfonamides is 1. The predicted molar refractivity (Wildman–Crippen MR) is 119 cm³/mol. The van der Waals surface area contributed by atoms with E-state index in [1.165, 1.54) is 39.9 Å². The van der Waals surface area contributed by atoms with Crippen LogP contribution < -0.4 is 5.32 Å². The lowest BCUT2D eigenvalue weighted by molar-refractivity contribution is 0.0730. The summed E-state index contributed by atoms with van der Waals surface area (Å²) in [5.74, 6) is -0.709. The van der Waals surface area contributed by atoms with E-state index in [4.69, 9.17) is 16.3 Å². The number of amides is 1. The first-order valence-corrected chi connectivity index (χ1v) is 12.0. The molecule has 2 heterocycles. The van der Waals surface area contributed by atoms with Crippen molar-refractivity contribution in [3.8, 4) is 10.4 Å². The number of halogens is 2. The third-order valence-electron chi connectivity index (χ3n) is 4.74. The Hall–Kier alpha value is -2.30. The smallest absolute Gasteiger partial charge is 0.265 e. The second-order valence-corrected chi connectivity index (χ2v) is 10.2. The van der Waals surface area contributed by atoms with E-state index in [9.17, 15) is 17.6 Å². The highest BCUT2D eigenvalue weighted by molar-refractivity contribution is 7.89. The summed E-state index contributed by atoms with van der Waals surface area (Å²) in [5, 5.41) is 2.80. The average Bonchev–Trinajstić information content (AvgIpc) is 3.26. The Kier molecular flexibility index (Phi) is 6.40. The van der Waals surface area contributed by atoms with Crippen LogP contribution in [0.1, 0.15) is 9.67 Å². The molecule has 3 aromatic rings. The summed E-state index contributed by atoms with van der Waals surface area (Å²) in [7, 11) is -3.81. The maximum atomic E-state index is 13.1. The maximum absolute atomic E-state index is 13.1.